The van der Waals surface area contributed by atoms with Crippen LogP contribution in [0.5, 0.6) is 0 Å². The maximum atomic E-state index is 11.7. The first kappa shape index (κ1) is 16.6. The van der Waals surface area contributed by atoms with Gasteiger partial charge in [0.15, 0.2) is 0 Å². The molecule has 0 fully saturated rings. The lowest BCUT2D eigenvalue weighted by Crippen LogP contribution is -2.43. The molecule has 1 amide bonds. The lowest BCUT2D eigenvalue weighted by atomic mass is 9.99. The van der Waals surface area contributed by atoms with E-state index < -0.39 is 37.0 Å². The number of carbonyl (C=O) groups excluding carboxylic acids is 1. The Labute approximate surface area is 122 Å². The monoisotopic (exact) mass is 294 g/mol. The third-order valence-corrected chi connectivity index (χ3v) is 3.16. The topological polar surface area (TPSA) is 121 Å². The number of carbonyl (C=O) groups is 3. The molecule has 1 aromatic rings. The number of hydrogen-bond acceptors (Lipinski definition) is 4. The van der Waals surface area contributed by atoms with Crippen LogP contribution in [-0.2, 0) is 14.4 Å². The average Bonchev–Trinajstić information content (AvgIpc) is 2.31. The van der Waals surface area contributed by atoms with E-state index in [9.17, 15) is 14.4 Å². The van der Waals surface area contributed by atoms with Gasteiger partial charge in [0.25, 0.3) is 0 Å². The number of carboxylic acid groups (broad SMARTS) is 2. The van der Waals surface area contributed by atoms with Crippen LogP contribution in [0.1, 0.15) is 22.7 Å². The zero-order valence-electron chi connectivity index (χ0n) is 11.9. The molecule has 7 heteroatoms. The number of aryl methyl sites for hydroxylation is 2. The summed E-state index contributed by atoms with van der Waals surface area (Å²) in [4.78, 5) is 34.5. The number of benzene rings is 1. The van der Waals surface area contributed by atoms with Crippen LogP contribution in [0.25, 0.3) is 0 Å². The summed E-state index contributed by atoms with van der Waals surface area (Å²) in [5.41, 5.74) is 7.73. The summed E-state index contributed by atoms with van der Waals surface area (Å²) in [5.74, 6) is -3.25. The van der Waals surface area contributed by atoms with E-state index in [0.29, 0.717) is 5.56 Å². The first-order valence-corrected chi connectivity index (χ1v) is 6.26. The van der Waals surface area contributed by atoms with Crippen LogP contribution < -0.4 is 5.73 Å². The summed E-state index contributed by atoms with van der Waals surface area (Å²) in [6.45, 7) is 2.56. The molecule has 0 spiro atoms. The van der Waals surface area contributed by atoms with Gasteiger partial charge in [-0.2, -0.15) is 0 Å². The molecule has 1 aromatic carbocycles. The Bertz CT molecular complexity index is 554. The molecule has 0 bridgehead atoms. The molecule has 114 valence electrons. The van der Waals surface area contributed by atoms with Crippen molar-refractivity contribution in [1.82, 2.24) is 4.90 Å². The van der Waals surface area contributed by atoms with Gasteiger partial charge in [-0.15, -0.1) is 0 Å². The first-order chi connectivity index (χ1) is 9.72. The van der Waals surface area contributed by atoms with E-state index >= 15 is 0 Å². The van der Waals surface area contributed by atoms with Crippen molar-refractivity contribution in [3.63, 3.8) is 0 Å². The maximum absolute atomic E-state index is 11.7. The lowest BCUT2D eigenvalue weighted by Gasteiger charge is -2.27. The van der Waals surface area contributed by atoms with E-state index in [1.807, 2.05) is 13.8 Å². The van der Waals surface area contributed by atoms with Gasteiger partial charge in [0, 0.05) is 0 Å². The number of nitrogens with two attached hydrogens (primary N) is 1. The maximum Gasteiger partial charge on any atom is 0.317 e. The quantitative estimate of drug-likeness (QED) is 0.665. The number of amides is 1. The number of carboxylic acids is 2. The van der Waals surface area contributed by atoms with E-state index in [4.69, 9.17) is 15.9 Å². The van der Waals surface area contributed by atoms with Gasteiger partial charge in [0.1, 0.15) is 6.04 Å². The van der Waals surface area contributed by atoms with E-state index in [1.165, 1.54) is 0 Å². The number of aliphatic carboxylic acids is 2. The zero-order valence-corrected chi connectivity index (χ0v) is 11.9. The Morgan fingerprint density at radius 1 is 1.10 bits per heavy atom. The molecule has 0 saturated heterocycles. The van der Waals surface area contributed by atoms with Crippen LogP contribution in [-0.4, -0.2) is 46.0 Å². The second-order valence-corrected chi connectivity index (χ2v) is 4.84. The molecule has 1 atom stereocenters. The molecule has 1 unspecified atom stereocenters. The molecule has 0 radical (unpaired) electrons. The van der Waals surface area contributed by atoms with Gasteiger partial charge in [-0.1, -0.05) is 18.2 Å². The van der Waals surface area contributed by atoms with Crippen LogP contribution in [0.4, 0.5) is 0 Å². The van der Waals surface area contributed by atoms with Crippen LogP contribution in [0.2, 0.25) is 0 Å². The summed E-state index contributed by atoms with van der Waals surface area (Å²) in [6.07, 6.45) is 0. The van der Waals surface area contributed by atoms with Gasteiger partial charge < -0.3 is 15.9 Å². The van der Waals surface area contributed by atoms with Gasteiger partial charge in [0.05, 0.1) is 13.1 Å². The van der Waals surface area contributed by atoms with Gasteiger partial charge in [0.2, 0.25) is 5.91 Å². The number of primary amides is 1. The second kappa shape index (κ2) is 6.85. The highest BCUT2D eigenvalue weighted by Crippen LogP contribution is 2.22. The van der Waals surface area contributed by atoms with E-state index in [0.717, 1.165) is 16.0 Å². The van der Waals surface area contributed by atoms with Crippen LogP contribution in [0, 0.1) is 13.8 Å². The predicted octanol–water partition coefficient (Wildman–Crippen LogP) is 0.301. The Balaban J connectivity index is 3.22. The van der Waals surface area contributed by atoms with Gasteiger partial charge in [-0.3, -0.25) is 19.3 Å². The summed E-state index contributed by atoms with van der Waals surface area (Å²) in [5, 5.41) is 17.8. The highest BCUT2D eigenvalue weighted by Gasteiger charge is 2.29. The molecular weight excluding hydrogens is 276 g/mol. The third kappa shape index (κ3) is 4.57. The molecule has 0 aliphatic heterocycles. The fourth-order valence-corrected chi connectivity index (χ4v) is 2.08. The van der Waals surface area contributed by atoms with Gasteiger partial charge in [-0.05, 0) is 30.5 Å². The Morgan fingerprint density at radius 2 is 1.62 bits per heavy atom. The minimum Gasteiger partial charge on any atom is -0.480 e. The zero-order chi connectivity index (χ0) is 16.2. The first-order valence-electron chi connectivity index (χ1n) is 6.26. The number of hydrogen-bond donors (Lipinski definition) is 3. The van der Waals surface area contributed by atoms with Crippen molar-refractivity contribution in [2.45, 2.75) is 19.9 Å². The van der Waals surface area contributed by atoms with E-state index in [-0.39, 0.29) is 0 Å². The predicted molar refractivity (Wildman–Crippen MR) is 74.7 cm³/mol. The van der Waals surface area contributed by atoms with Gasteiger partial charge >= 0.3 is 11.9 Å². The second-order valence-electron chi connectivity index (χ2n) is 4.84. The summed E-state index contributed by atoms with van der Waals surface area (Å²) < 4.78 is 0. The molecule has 0 aliphatic carbocycles. The smallest absolute Gasteiger partial charge is 0.317 e. The Hall–Kier alpha value is -2.41. The standard InChI is InChI=1S/C14H18N2O5/c1-8-3-4-10(5-9(8)2)13(14(15)21)16(6-11(17)18)7-12(19)20/h3-5,13H,6-7H2,1-2H3,(H2,15,21)(H,17,18)(H,19,20). The minimum atomic E-state index is -1.23. The highest BCUT2D eigenvalue weighted by atomic mass is 16.4. The van der Waals surface area contributed by atoms with Crippen molar-refractivity contribution in [3.05, 3.63) is 34.9 Å². The van der Waals surface area contributed by atoms with Crippen molar-refractivity contribution >= 4 is 17.8 Å². The summed E-state index contributed by atoms with van der Waals surface area (Å²) in [6, 6.07) is 4.03. The van der Waals surface area contributed by atoms with E-state index in [2.05, 4.69) is 0 Å². The summed E-state index contributed by atoms with van der Waals surface area (Å²) >= 11 is 0. The molecule has 4 N–H and O–H groups in total. The van der Waals surface area contributed by atoms with Crippen LogP contribution >= 0.6 is 0 Å². The van der Waals surface area contributed by atoms with Crippen molar-refractivity contribution in [3.8, 4) is 0 Å². The molecule has 0 heterocycles. The number of rotatable bonds is 7. The summed E-state index contributed by atoms with van der Waals surface area (Å²) in [7, 11) is 0. The highest BCUT2D eigenvalue weighted by molar-refractivity contribution is 5.83. The van der Waals surface area contributed by atoms with Crippen molar-refractivity contribution in [1.29, 1.82) is 0 Å². The normalized spacial score (nSPS) is 12.1. The average molecular weight is 294 g/mol. The fourth-order valence-electron chi connectivity index (χ4n) is 2.08. The van der Waals surface area contributed by atoms with Crippen LogP contribution in [0.3, 0.4) is 0 Å². The van der Waals surface area contributed by atoms with Crippen LogP contribution in [0.15, 0.2) is 18.2 Å². The fraction of sp³-hybridized carbons (Fsp3) is 0.357. The lowest BCUT2D eigenvalue weighted by molar-refractivity contribution is -0.143. The van der Waals surface area contributed by atoms with E-state index in [1.54, 1.807) is 18.2 Å². The minimum absolute atomic E-state index is 0.480. The molecule has 21 heavy (non-hydrogen) atoms. The third-order valence-electron chi connectivity index (χ3n) is 3.16. The van der Waals surface area contributed by atoms with Crippen molar-refractivity contribution in [2.24, 2.45) is 5.73 Å². The molecule has 0 aliphatic rings. The molecule has 1 rings (SSSR count). The Kier molecular flexibility index (Phi) is 5.43. The number of nitrogens with zero attached hydrogens (tertiary/aromatic N) is 1. The largest absolute Gasteiger partial charge is 0.480 e. The molecule has 0 saturated carbocycles. The Morgan fingerprint density at radius 3 is 2.00 bits per heavy atom. The molecule has 7 nitrogen and oxygen atoms in total. The molecular formula is C14H18N2O5. The van der Waals surface area contributed by atoms with Gasteiger partial charge in [-0.25, -0.2) is 0 Å². The molecule has 0 aromatic heterocycles. The van der Waals surface area contributed by atoms with Crippen molar-refractivity contribution < 1.29 is 24.6 Å². The SMILES string of the molecule is Cc1ccc(C(C(N)=O)N(CC(=O)O)CC(=O)O)cc1C. The van der Waals surface area contributed by atoms with Crippen molar-refractivity contribution in [2.75, 3.05) is 13.1 Å².